The maximum absolute atomic E-state index is 9.66. The highest BCUT2D eigenvalue weighted by molar-refractivity contribution is 6.60. The quantitative estimate of drug-likeness (QED) is 0.651. The predicted molar refractivity (Wildman–Crippen MR) is 90.1 cm³/mol. The van der Waals surface area contributed by atoms with Gasteiger partial charge in [-0.15, -0.1) is 0 Å². The maximum atomic E-state index is 9.66. The van der Waals surface area contributed by atoms with Crippen molar-refractivity contribution in [3.05, 3.63) is 85.5 Å². The predicted octanol–water partition coefficient (Wildman–Crippen LogP) is 2.79. The molecule has 0 saturated carbocycles. The van der Waals surface area contributed by atoms with E-state index in [2.05, 4.69) is 13.2 Å². The Morgan fingerprint density at radius 2 is 1.67 bits per heavy atom. The van der Waals surface area contributed by atoms with Gasteiger partial charge in [-0.1, -0.05) is 79.9 Å². The topological polar surface area (TPSA) is 40.5 Å². The Bertz CT molecular complexity index is 673. The van der Waals surface area contributed by atoms with Crippen molar-refractivity contribution in [2.45, 2.75) is 0 Å². The van der Waals surface area contributed by atoms with Crippen molar-refractivity contribution in [2.24, 2.45) is 0 Å². The lowest BCUT2D eigenvalue weighted by Crippen LogP contribution is -2.32. The molecule has 2 N–H and O–H groups in total. The summed E-state index contributed by atoms with van der Waals surface area (Å²) in [6.45, 7) is 7.42. The van der Waals surface area contributed by atoms with E-state index >= 15 is 0 Å². The molecule has 0 aliphatic carbocycles. The molecule has 0 atom stereocenters. The van der Waals surface area contributed by atoms with Gasteiger partial charge >= 0.3 is 7.12 Å². The third-order valence-corrected chi connectivity index (χ3v) is 3.27. The van der Waals surface area contributed by atoms with Crippen molar-refractivity contribution in [2.75, 3.05) is 0 Å². The number of hydrogen-bond donors (Lipinski definition) is 2. The Hall–Kier alpha value is -2.36. The van der Waals surface area contributed by atoms with E-state index in [0.29, 0.717) is 5.46 Å². The van der Waals surface area contributed by atoms with E-state index in [1.54, 1.807) is 24.3 Å². The number of benzene rings is 2. The summed E-state index contributed by atoms with van der Waals surface area (Å²) in [7, 11) is -1.54. The van der Waals surface area contributed by atoms with Crippen molar-refractivity contribution in [3.8, 4) is 11.1 Å². The molecule has 0 aliphatic rings. The third-order valence-electron chi connectivity index (χ3n) is 3.27. The van der Waals surface area contributed by atoms with Crippen LogP contribution in [0, 0.1) is 0 Å². The standard InChI is InChI=1S/C18H17BO2/c1-3-8-14(4-2)17-12-11-16(13-18(17)19(20)21)15-9-6-5-7-10-15/h3-13,20-21H,1-2H2/b14-8+. The molecular weight excluding hydrogens is 259 g/mol. The van der Waals surface area contributed by atoms with Gasteiger partial charge in [0.1, 0.15) is 0 Å². The first-order valence-corrected chi connectivity index (χ1v) is 6.68. The number of allylic oxidation sites excluding steroid dienone is 4. The summed E-state index contributed by atoms with van der Waals surface area (Å²) in [6, 6.07) is 15.4. The molecule has 3 heteroatoms. The average Bonchev–Trinajstić information content (AvgIpc) is 2.53. The minimum absolute atomic E-state index is 0.448. The highest BCUT2D eigenvalue weighted by Gasteiger charge is 2.18. The van der Waals surface area contributed by atoms with Gasteiger partial charge < -0.3 is 10.0 Å². The van der Waals surface area contributed by atoms with Crippen molar-refractivity contribution in [1.82, 2.24) is 0 Å². The lowest BCUT2D eigenvalue weighted by Gasteiger charge is -2.12. The molecule has 0 heterocycles. The van der Waals surface area contributed by atoms with Gasteiger partial charge in [-0.2, -0.15) is 0 Å². The van der Waals surface area contributed by atoms with Crippen molar-refractivity contribution in [1.29, 1.82) is 0 Å². The largest absolute Gasteiger partial charge is 0.489 e. The minimum atomic E-state index is -1.54. The van der Waals surface area contributed by atoms with Gasteiger partial charge in [0.25, 0.3) is 0 Å². The average molecular weight is 276 g/mol. The normalized spacial score (nSPS) is 11.0. The Kier molecular flexibility index (Phi) is 4.93. The van der Waals surface area contributed by atoms with Gasteiger partial charge in [0.2, 0.25) is 0 Å². The van der Waals surface area contributed by atoms with E-state index in [9.17, 15) is 10.0 Å². The first kappa shape index (κ1) is 15.0. The van der Waals surface area contributed by atoms with Crippen molar-refractivity contribution >= 4 is 18.2 Å². The lowest BCUT2D eigenvalue weighted by molar-refractivity contribution is 0.425. The fourth-order valence-corrected chi connectivity index (χ4v) is 2.24. The van der Waals surface area contributed by atoms with Crippen LogP contribution in [0.15, 0.2) is 79.9 Å². The molecule has 0 saturated heterocycles. The second kappa shape index (κ2) is 6.89. The zero-order valence-electron chi connectivity index (χ0n) is 11.7. The molecule has 2 aromatic rings. The zero-order valence-corrected chi connectivity index (χ0v) is 11.7. The molecule has 0 aliphatic heterocycles. The molecule has 0 unspecified atom stereocenters. The smallest absolute Gasteiger partial charge is 0.423 e. The van der Waals surface area contributed by atoms with Crippen LogP contribution >= 0.6 is 0 Å². The van der Waals surface area contributed by atoms with Crippen LogP contribution in [0.2, 0.25) is 0 Å². The molecule has 0 fully saturated rings. The zero-order chi connectivity index (χ0) is 15.2. The fourth-order valence-electron chi connectivity index (χ4n) is 2.24. The second-order valence-corrected chi connectivity index (χ2v) is 4.60. The van der Waals surface area contributed by atoms with Crippen LogP contribution in [0.3, 0.4) is 0 Å². The molecule has 2 aromatic carbocycles. The molecule has 2 rings (SSSR count). The van der Waals surface area contributed by atoms with Gasteiger partial charge in [-0.25, -0.2) is 0 Å². The Balaban J connectivity index is 2.57. The number of rotatable bonds is 5. The summed E-state index contributed by atoms with van der Waals surface area (Å²) in [4.78, 5) is 0. The molecule has 0 radical (unpaired) electrons. The molecule has 0 bridgehead atoms. The molecule has 0 spiro atoms. The van der Waals surface area contributed by atoms with Crippen LogP contribution in [0.5, 0.6) is 0 Å². The monoisotopic (exact) mass is 276 g/mol. The van der Waals surface area contributed by atoms with Crippen LogP contribution in [0.25, 0.3) is 16.7 Å². The van der Waals surface area contributed by atoms with E-state index in [1.165, 1.54) is 0 Å². The fraction of sp³-hybridized carbons (Fsp3) is 0. The van der Waals surface area contributed by atoms with E-state index in [0.717, 1.165) is 22.3 Å². The third kappa shape index (κ3) is 3.40. The Labute approximate surface area is 125 Å². The van der Waals surface area contributed by atoms with Crippen LogP contribution in [0.4, 0.5) is 0 Å². The van der Waals surface area contributed by atoms with Gasteiger partial charge in [-0.05, 0) is 27.7 Å². The molecular formula is C18H17BO2. The van der Waals surface area contributed by atoms with E-state index < -0.39 is 7.12 Å². The first-order chi connectivity index (χ1) is 10.2. The molecule has 21 heavy (non-hydrogen) atoms. The summed E-state index contributed by atoms with van der Waals surface area (Å²) < 4.78 is 0. The first-order valence-electron chi connectivity index (χ1n) is 6.68. The van der Waals surface area contributed by atoms with Crippen LogP contribution < -0.4 is 5.46 Å². The van der Waals surface area contributed by atoms with Crippen LogP contribution in [-0.2, 0) is 0 Å². The van der Waals surface area contributed by atoms with Crippen LogP contribution in [0.1, 0.15) is 5.56 Å². The SMILES string of the molecule is C=C/C=C(\C=C)c1ccc(-c2ccccc2)cc1B(O)O. The highest BCUT2D eigenvalue weighted by Crippen LogP contribution is 2.22. The van der Waals surface area contributed by atoms with Crippen molar-refractivity contribution in [3.63, 3.8) is 0 Å². The van der Waals surface area contributed by atoms with Gasteiger partial charge in [0.15, 0.2) is 0 Å². The van der Waals surface area contributed by atoms with Gasteiger partial charge in [-0.3, -0.25) is 0 Å². The van der Waals surface area contributed by atoms with E-state index in [1.807, 2.05) is 42.5 Å². The summed E-state index contributed by atoms with van der Waals surface area (Å²) in [5.74, 6) is 0. The molecule has 0 aromatic heterocycles. The minimum Gasteiger partial charge on any atom is -0.423 e. The van der Waals surface area contributed by atoms with Gasteiger partial charge in [0.05, 0.1) is 0 Å². The number of hydrogen-bond acceptors (Lipinski definition) is 2. The maximum Gasteiger partial charge on any atom is 0.489 e. The molecule has 0 amide bonds. The van der Waals surface area contributed by atoms with E-state index in [-0.39, 0.29) is 0 Å². The molecule has 2 nitrogen and oxygen atoms in total. The van der Waals surface area contributed by atoms with Gasteiger partial charge in [0, 0.05) is 0 Å². The Morgan fingerprint density at radius 3 is 2.24 bits per heavy atom. The summed E-state index contributed by atoms with van der Waals surface area (Å²) >= 11 is 0. The second-order valence-electron chi connectivity index (χ2n) is 4.60. The summed E-state index contributed by atoms with van der Waals surface area (Å²) in [6.07, 6.45) is 5.11. The lowest BCUT2D eigenvalue weighted by atomic mass is 9.74. The summed E-state index contributed by atoms with van der Waals surface area (Å²) in [5.41, 5.74) is 3.94. The van der Waals surface area contributed by atoms with Crippen molar-refractivity contribution < 1.29 is 10.0 Å². The molecule has 104 valence electrons. The Morgan fingerprint density at radius 1 is 0.952 bits per heavy atom. The van der Waals surface area contributed by atoms with E-state index in [4.69, 9.17) is 0 Å². The van der Waals surface area contributed by atoms with Crippen LogP contribution in [-0.4, -0.2) is 17.2 Å². The highest BCUT2D eigenvalue weighted by atomic mass is 16.4. The summed E-state index contributed by atoms with van der Waals surface area (Å²) in [5, 5.41) is 19.3.